The van der Waals surface area contributed by atoms with Crippen LogP contribution >= 0.6 is 0 Å². The van der Waals surface area contributed by atoms with Crippen molar-refractivity contribution in [3.63, 3.8) is 0 Å². The van der Waals surface area contributed by atoms with Crippen LogP contribution in [0.2, 0.25) is 0 Å². The molecule has 6 nitrogen and oxygen atoms in total. The summed E-state index contributed by atoms with van der Waals surface area (Å²) in [6, 6.07) is 7.34. The van der Waals surface area contributed by atoms with Crippen LogP contribution in [0, 0.1) is 0 Å². The normalized spacial score (nSPS) is 12.5. The molecule has 0 radical (unpaired) electrons. The van der Waals surface area contributed by atoms with Gasteiger partial charge in [0.05, 0.1) is 6.10 Å². The van der Waals surface area contributed by atoms with Gasteiger partial charge in [0.15, 0.2) is 0 Å². The Hall–Kier alpha value is -2.48. The minimum atomic E-state index is -2.94. The molecule has 130 valence electrons. The van der Waals surface area contributed by atoms with Crippen LogP contribution in [-0.4, -0.2) is 34.4 Å². The quantitative estimate of drug-likeness (QED) is 0.724. The zero-order valence-electron chi connectivity index (χ0n) is 13.3. The first-order chi connectivity index (χ1) is 11.4. The monoisotopic (exact) mass is 339 g/mol. The van der Waals surface area contributed by atoms with Crippen molar-refractivity contribution < 1.29 is 23.4 Å². The highest BCUT2D eigenvalue weighted by molar-refractivity contribution is 5.92. The number of aromatic nitrogens is 2. The fourth-order valence-electron chi connectivity index (χ4n) is 2.04. The van der Waals surface area contributed by atoms with Crippen LogP contribution in [0.25, 0.3) is 0 Å². The number of hydrogen-bond donors (Lipinski definition) is 3. The van der Waals surface area contributed by atoms with Crippen molar-refractivity contribution in [3.8, 4) is 5.75 Å². The molecule has 0 saturated carbocycles. The molecule has 0 spiro atoms. The number of carbonyl (C=O) groups is 1. The number of halogens is 2. The minimum Gasteiger partial charge on any atom is -0.435 e. The lowest BCUT2D eigenvalue weighted by molar-refractivity contribution is -0.0499. The van der Waals surface area contributed by atoms with Crippen molar-refractivity contribution >= 4 is 5.91 Å². The lowest BCUT2D eigenvalue weighted by Crippen LogP contribution is -2.28. The fraction of sp³-hybridized carbons (Fsp3) is 0.375. The SMILES string of the molecule is CC(C)c1cc(C(=O)NCC(O)c2cccc(OC(F)F)c2)n[nH]1. The van der Waals surface area contributed by atoms with Gasteiger partial charge < -0.3 is 15.2 Å². The van der Waals surface area contributed by atoms with E-state index in [9.17, 15) is 18.7 Å². The number of ether oxygens (including phenoxy) is 1. The second-order valence-electron chi connectivity index (χ2n) is 5.54. The molecule has 1 unspecified atom stereocenters. The average molecular weight is 339 g/mol. The first-order valence-electron chi connectivity index (χ1n) is 7.43. The topological polar surface area (TPSA) is 87.2 Å². The molecule has 2 rings (SSSR count). The molecule has 0 fully saturated rings. The summed E-state index contributed by atoms with van der Waals surface area (Å²) in [7, 11) is 0. The molecule has 1 aromatic carbocycles. The summed E-state index contributed by atoms with van der Waals surface area (Å²) in [5.41, 5.74) is 1.41. The van der Waals surface area contributed by atoms with Gasteiger partial charge in [0.2, 0.25) is 0 Å². The number of amides is 1. The maximum Gasteiger partial charge on any atom is 0.387 e. The van der Waals surface area contributed by atoms with E-state index in [1.165, 1.54) is 18.2 Å². The summed E-state index contributed by atoms with van der Waals surface area (Å²) in [6.07, 6.45) is -1.06. The van der Waals surface area contributed by atoms with E-state index in [0.29, 0.717) is 5.56 Å². The summed E-state index contributed by atoms with van der Waals surface area (Å²) in [5.74, 6) is -0.277. The van der Waals surface area contributed by atoms with Gasteiger partial charge in [-0.15, -0.1) is 0 Å². The Morgan fingerprint density at radius 3 is 2.75 bits per heavy atom. The van der Waals surface area contributed by atoms with Crippen LogP contribution in [0.15, 0.2) is 30.3 Å². The molecular weight excluding hydrogens is 320 g/mol. The number of hydrogen-bond acceptors (Lipinski definition) is 4. The van der Waals surface area contributed by atoms with E-state index >= 15 is 0 Å². The smallest absolute Gasteiger partial charge is 0.387 e. The van der Waals surface area contributed by atoms with E-state index in [1.807, 2.05) is 13.8 Å². The summed E-state index contributed by atoms with van der Waals surface area (Å²) in [6.45, 7) is 0.911. The number of carbonyl (C=O) groups excluding carboxylic acids is 1. The molecule has 2 aromatic rings. The molecule has 0 aliphatic heterocycles. The average Bonchev–Trinajstić information content (AvgIpc) is 3.02. The summed E-state index contributed by atoms with van der Waals surface area (Å²) in [5, 5.41) is 19.3. The van der Waals surface area contributed by atoms with E-state index < -0.39 is 18.6 Å². The highest BCUT2D eigenvalue weighted by Crippen LogP contribution is 2.20. The van der Waals surface area contributed by atoms with E-state index in [0.717, 1.165) is 5.69 Å². The molecule has 1 heterocycles. The zero-order chi connectivity index (χ0) is 17.7. The largest absolute Gasteiger partial charge is 0.435 e. The molecule has 0 saturated heterocycles. The van der Waals surface area contributed by atoms with Gasteiger partial charge in [0.1, 0.15) is 11.4 Å². The molecule has 3 N–H and O–H groups in total. The number of aliphatic hydroxyl groups excluding tert-OH is 1. The number of nitrogens with one attached hydrogen (secondary N) is 2. The van der Waals surface area contributed by atoms with E-state index in [4.69, 9.17) is 0 Å². The number of aromatic amines is 1. The van der Waals surface area contributed by atoms with E-state index in [1.54, 1.807) is 12.1 Å². The van der Waals surface area contributed by atoms with Crippen molar-refractivity contribution in [2.75, 3.05) is 6.54 Å². The van der Waals surface area contributed by atoms with Crippen molar-refractivity contribution in [3.05, 3.63) is 47.3 Å². The van der Waals surface area contributed by atoms with Crippen molar-refractivity contribution in [2.24, 2.45) is 0 Å². The summed E-state index contributed by atoms with van der Waals surface area (Å²) < 4.78 is 28.7. The molecule has 1 atom stereocenters. The molecule has 0 bridgehead atoms. The zero-order valence-corrected chi connectivity index (χ0v) is 13.3. The van der Waals surface area contributed by atoms with Crippen LogP contribution in [0.1, 0.15) is 47.6 Å². The summed E-state index contributed by atoms with van der Waals surface area (Å²) >= 11 is 0. The Morgan fingerprint density at radius 2 is 2.12 bits per heavy atom. The lowest BCUT2D eigenvalue weighted by Gasteiger charge is -2.13. The van der Waals surface area contributed by atoms with Gasteiger partial charge in [0, 0.05) is 12.2 Å². The Morgan fingerprint density at radius 1 is 1.38 bits per heavy atom. The Labute approximate surface area is 137 Å². The van der Waals surface area contributed by atoms with Gasteiger partial charge in [-0.3, -0.25) is 9.89 Å². The second kappa shape index (κ2) is 7.87. The molecular formula is C16H19F2N3O3. The van der Waals surface area contributed by atoms with Gasteiger partial charge in [-0.05, 0) is 29.7 Å². The minimum absolute atomic E-state index is 0.0539. The Bertz CT molecular complexity index is 689. The second-order valence-corrected chi connectivity index (χ2v) is 5.54. The third kappa shape index (κ3) is 4.76. The number of nitrogens with zero attached hydrogens (tertiary/aromatic N) is 1. The highest BCUT2D eigenvalue weighted by atomic mass is 19.3. The van der Waals surface area contributed by atoms with Crippen LogP contribution in [-0.2, 0) is 0 Å². The number of H-pyrrole nitrogens is 1. The van der Waals surface area contributed by atoms with Crippen molar-refractivity contribution in [1.29, 1.82) is 0 Å². The molecule has 24 heavy (non-hydrogen) atoms. The predicted molar refractivity (Wildman–Crippen MR) is 83.0 cm³/mol. The number of alkyl halides is 2. The van der Waals surface area contributed by atoms with Gasteiger partial charge >= 0.3 is 6.61 Å². The molecule has 0 aliphatic carbocycles. The highest BCUT2D eigenvalue weighted by Gasteiger charge is 2.15. The van der Waals surface area contributed by atoms with Gasteiger partial charge in [0.25, 0.3) is 5.91 Å². The number of rotatable bonds is 7. The first-order valence-corrected chi connectivity index (χ1v) is 7.43. The van der Waals surface area contributed by atoms with Crippen LogP contribution in [0.5, 0.6) is 5.75 Å². The maximum atomic E-state index is 12.2. The van der Waals surface area contributed by atoms with Crippen LogP contribution < -0.4 is 10.1 Å². The molecule has 0 aliphatic rings. The van der Waals surface area contributed by atoms with Crippen molar-refractivity contribution in [2.45, 2.75) is 32.5 Å². The number of aliphatic hydroxyl groups is 1. The van der Waals surface area contributed by atoms with Crippen LogP contribution in [0.4, 0.5) is 8.78 Å². The fourth-order valence-corrected chi connectivity index (χ4v) is 2.04. The molecule has 8 heteroatoms. The number of benzene rings is 1. The molecule has 1 amide bonds. The first kappa shape index (κ1) is 17.9. The van der Waals surface area contributed by atoms with Gasteiger partial charge in [-0.2, -0.15) is 13.9 Å². The van der Waals surface area contributed by atoms with E-state index in [2.05, 4.69) is 20.3 Å². The standard InChI is InChI=1S/C16H19F2N3O3/c1-9(2)12-7-13(21-20-12)15(23)19-8-14(22)10-4-3-5-11(6-10)24-16(17)18/h3-7,9,14,16,22H,8H2,1-2H3,(H,19,23)(H,20,21). The van der Waals surface area contributed by atoms with Gasteiger partial charge in [-0.25, -0.2) is 0 Å². The summed E-state index contributed by atoms with van der Waals surface area (Å²) in [4.78, 5) is 12.0. The lowest BCUT2D eigenvalue weighted by atomic mass is 10.1. The third-order valence-electron chi connectivity index (χ3n) is 3.38. The Kier molecular flexibility index (Phi) is 5.86. The predicted octanol–water partition coefficient (Wildman–Crippen LogP) is 2.60. The Balaban J connectivity index is 1.94. The molecule has 1 aromatic heterocycles. The van der Waals surface area contributed by atoms with Gasteiger partial charge in [-0.1, -0.05) is 26.0 Å². The van der Waals surface area contributed by atoms with Crippen LogP contribution in [0.3, 0.4) is 0 Å². The van der Waals surface area contributed by atoms with Crippen molar-refractivity contribution in [1.82, 2.24) is 15.5 Å². The van der Waals surface area contributed by atoms with E-state index in [-0.39, 0.29) is 23.9 Å². The maximum absolute atomic E-state index is 12.2. The third-order valence-corrected chi connectivity index (χ3v) is 3.38.